The molecule has 3 atom stereocenters. The van der Waals surface area contributed by atoms with Crippen molar-refractivity contribution >= 4 is 15.7 Å². The van der Waals surface area contributed by atoms with E-state index in [2.05, 4.69) is 16.5 Å². The van der Waals surface area contributed by atoms with Crippen LogP contribution in [0.3, 0.4) is 0 Å². The fraction of sp³-hybridized carbons (Fsp3) is 0.474. The predicted molar refractivity (Wildman–Crippen MR) is 99.4 cm³/mol. The molecule has 2 aliphatic heterocycles. The van der Waals surface area contributed by atoms with Crippen LogP contribution in [0.2, 0.25) is 0 Å². The number of nitrogens with one attached hydrogen (secondary N) is 1. The third kappa shape index (κ3) is 3.77. The fourth-order valence-corrected chi connectivity index (χ4v) is 6.00. The van der Waals surface area contributed by atoms with Crippen LogP contribution in [0.4, 0.5) is 0 Å². The molecule has 27 heavy (non-hydrogen) atoms. The van der Waals surface area contributed by atoms with E-state index in [9.17, 15) is 13.2 Å². The second-order valence-corrected chi connectivity index (χ2v) is 9.60. The molecule has 1 fully saturated rings. The van der Waals surface area contributed by atoms with E-state index in [1.807, 2.05) is 30.0 Å². The smallest absolute Gasteiger partial charge is 0.228 e. The van der Waals surface area contributed by atoms with Crippen LogP contribution in [0.5, 0.6) is 0 Å². The minimum Gasteiger partial charge on any atom is -0.364 e. The van der Waals surface area contributed by atoms with Gasteiger partial charge in [-0.1, -0.05) is 29.4 Å². The predicted octanol–water partition coefficient (Wildman–Crippen LogP) is 1.15. The molecule has 144 valence electrons. The van der Waals surface area contributed by atoms with Crippen LogP contribution in [0, 0.1) is 5.92 Å². The highest BCUT2D eigenvalue weighted by molar-refractivity contribution is 7.91. The summed E-state index contributed by atoms with van der Waals surface area (Å²) in [7, 11) is -3.25. The van der Waals surface area contributed by atoms with Crippen molar-refractivity contribution in [3.63, 3.8) is 0 Å². The summed E-state index contributed by atoms with van der Waals surface area (Å²) in [6, 6.07) is 9.46. The zero-order valence-electron chi connectivity index (χ0n) is 15.2. The molecule has 2 aromatic rings. The van der Waals surface area contributed by atoms with Crippen molar-refractivity contribution in [3.8, 4) is 0 Å². The molecule has 3 heterocycles. The molecule has 2 aliphatic rings. The Morgan fingerprint density at radius 2 is 2.04 bits per heavy atom. The first-order chi connectivity index (χ1) is 12.9. The summed E-state index contributed by atoms with van der Waals surface area (Å²) in [5, 5.41) is 7.02. The average molecular weight is 389 g/mol. The normalized spacial score (nSPS) is 26.7. The van der Waals surface area contributed by atoms with Gasteiger partial charge in [-0.3, -0.25) is 4.79 Å². The zero-order chi connectivity index (χ0) is 19.0. The van der Waals surface area contributed by atoms with Gasteiger partial charge in [-0.15, -0.1) is 0 Å². The molecule has 0 radical (unpaired) electrons. The summed E-state index contributed by atoms with van der Waals surface area (Å²) >= 11 is 0. The first-order valence-corrected chi connectivity index (χ1v) is 11.0. The number of nitrogens with zero attached hydrogens (tertiary/aromatic N) is 2. The van der Waals surface area contributed by atoms with Crippen LogP contribution in [0.15, 0.2) is 41.1 Å². The second kappa shape index (κ2) is 7.09. The summed E-state index contributed by atoms with van der Waals surface area (Å²) in [6.07, 6.45) is 2.26. The lowest BCUT2D eigenvalue weighted by Gasteiger charge is -2.37. The standard InChI is InChI=1S/C19H23N3O4S/c1-13-8-14-4-2-3-5-15(14)10-22(13)19(23)17-11-27(24,25)12-18(17)20-9-16-6-7-26-21-16/h2-7,13,17-18,20H,8-12H2,1H3/t13?,17-,18-/m1/s1. The number of aromatic nitrogens is 1. The highest BCUT2D eigenvalue weighted by Crippen LogP contribution is 2.28. The number of carbonyl (C=O) groups excluding carboxylic acids is 1. The Morgan fingerprint density at radius 1 is 1.26 bits per heavy atom. The van der Waals surface area contributed by atoms with Gasteiger partial charge in [0.15, 0.2) is 9.84 Å². The maximum Gasteiger partial charge on any atom is 0.228 e. The average Bonchev–Trinajstić information content (AvgIpc) is 3.26. The van der Waals surface area contributed by atoms with Crippen LogP contribution < -0.4 is 5.32 Å². The van der Waals surface area contributed by atoms with Crippen LogP contribution in [-0.2, 0) is 34.1 Å². The lowest BCUT2D eigenvalue weighted by atomic mass is 9.92. The van der Waals surface area contributed by atoms with Crippen molar-refractivity contribution in [2.24, 2.45) is 5.92 Å². The minimum absolute atomic E-state index is 0.0277. The number of amides is 1. The van der Waals surface area contributed by atoms with Gasteiger partial charge in [-0.05, 0) is 24.5 Å². The van der Waals surface area contributed by atoms with Crippen molar-refractivity contribution in [3.05, 3.63) is 53.4 Å². The third-order valence-electron chi connectivity index (χ3n) is 5.50. The van der Waals surface area contributed by atoms with Crippen LogP contribution in [0.25, 0.3) is 0 Å². The fourth-order valence-electron chi connectivity index (χ4n) is 4.04. The summed E-state index contributed by atoms with van der Waals surface area (Å²) in [5.74, 6) is -0.793. The molecular weight excluding hydrogens is 366 g/mol. The van der Waals surface area contributed by atoms with E-state index >= 15 is 0 Å². The number of hydrogen-bond acceptors (Lipinski definition) is 6. The molecular formula is C19H23N3O4S. The van der Waals surface area contributed by atoms with E-state index in [4.69, 9.17) is 4.52 Å². The molecule has 1 N–H and O–H groups in total. The number of rotatable bonds is 4. The number of hydrogen-bond donors (Lipinski definition) is 1. The Labute approximate surface area is 158 Å². The Morgan fingerprint density at radius 3 is 2.78 bits per heavy atom. The molecule has 1 unspecified atom stereocenters. The van der Waals surface area contributed by atoms with Crippen molar-refractivity contribution in [2.45, 2.75) is 38.5 Å². The molecule has 0 saturated carbocycles. The number of fused-ring (bicyclic) bond motifs is 1. The summed E-state index contributed by atoms with van der Waals surface area (Å²) in [4.78, 5) is 15.1. The lowest BCUT2D eigenvalue weighted by molar-refractivity contribution is -0.138. The molecule has 8 heteroatoms. The van der Waals surface area contributed by atoms with Gasteiger partial charge in [0.2, 0.25) is 5.91 Å². The van der Waals surface area contributed by atoms with E-state index in [0.717, 1.165) is 12.0 Å². The number of sulfone groups is 1. The van der Waals surface area contributed by atoms with Gasteiger partial charge in [0.05, 0.1) is 23.1 Å². The maximum atomic E-state index is 13.3. The molecule has 0 spiro atoms. The summed E-state index contributed by atoms with van der Waals surface area (Å²) in [5.41, 5.74) is 3.08. The molecule has 4 rings (SSSR count). The van der Waals surface area contributed by atoms with Crippen LogP contribution >= 0.6 is 0 Å². The molecule has 1 amide bonds. The van der Waals surface area contributed by atoms with Crippen molar-refractivity contribution < 1.29 is 17.7 Å². The maximum absolute atomic E-state index is 13.3. The van der Waals surface area contributed by atoms with Gasteiger partial charge >= 0.3 is 0 Å². The molecule has 7 nitrogen and oxygen atoms in total. The summed E-state index contributed by atoms with van der Waals surface area (Å²) < 4.78 is 29.3. The molecule has 1 aromatic carbocycles. The van der Waals surface area contributed by atoms with E-state index in [1.54, 1.807) is 6.07 Å². The number of carbonyl (C=O) groups is 1. The Bertz CT molecular complexity index is 926. The van der Waals surface area contributed by atoms with Gasteiger partial charge in [0, 0.05) is 31.2 Å². The Hall–Kier alpha value is -2.19. The van der Waals surface area contributed by atoms with Crippen molar-refractivity contribution in [1.29, 1.82) is 0 Å². The second-order valence-electron chi connectivity index (χ2n) is 7.45. The first kappa shape index (κ1) is 18.2. The SMILES string of the molecule is CC1Cc2ccccc2CN1C(=O)[C@@H]1CS(=O)(=O)C[C@H]1NCc1ccon1. The van der Waals surface area contributed by atoms with Crippen LogP contribution in [-0.4, -0.2) is 48.0 Å². The third-order valence-corrected chi connectivity index (χ3v) is 7.23. The Balaban J connectivity index is 1.52. The Kier molecular flexibility index (Phi) is 4.77. The van der Waals surface area contributed by atoms with Gasteiger partial charge in [-0.25, -0.2) is 8.42 Å². The quantitative estimate of drug-likeness (QED) is 0.843. The highest BCUT2D eigenvalue weighted by atomic mass is 32.2. The van der Waals surface area contributed by atoms with E-state index in [-0.39, 0.29) is 23.5 Å². The van der Waals surface area contributed by atoms with Gasteiger partial charge in [0.1, 0.15) is 6.26 Å². The largest absolute Gasteiger partial charge is 0.364 e. The van der Waals surface area contributed by atoms with Gasteiger partial charge in [-0.2, -0.15) is 0 Å². The first-order valence-electron chi connectivity index (χ1n) is 9.13. The van der Waals surface area contributed by atoms with E-state index in [1.165, 1.54) is 11.8 Å². The molecule has 1 saturated heterocycles. The zero-order valence-corrected chi connectivity index (χ0v) is 16.0. The molecule has 0 aliphatic carbocycles. The molecule has 0 bridgehead atoms. The summed E-state index contributed by atoms with van der Waals surface area (Å²) in [6.45, 7) is 2.93. The van der Waals surface area contributed by atoms with E-state index < -0.39 is 21.8 Å². The van der Waals surface area contributed by atoms with Crippen molar-refractivity contribution in [1.82, 2.24) is 15.4 Å². The lowest BCUT2D eigenvalue weighted by Crippen LogP contribution is -2.50. The monoisotopic (exact) mass is 389 g/mol. The van der Waals surface area contributed by atoms with Crippen molar-refractivity contribution in [2.75, 3.05) is 11.5 Å². The molecule has 1 aromatic heterocycles. The highest BCUT2D eigenvalue weighted by Gasteiger charge is 2.44. The van der Waals surface area contributed by atoms with E-state index in [0.29, 0.717) is 18.8 Å². The minimum atomic E-state index is -3.25. The van der Waals surface area contributed by atoms with Crippen LogP contribution in [0.1, 0.15) is 23.7 Å². The topological polar surface area (TPSA) is 92.5 Å². The number of benzene rings is 1. The van der Waals surface area contributed by atoms with Gasteiger partial charge < -0.3 is 14.7 Å². The van der Waals surface area contributed by atoms with Gasteiger partial charge in [0.25, 0.3) is 0 Å².